The molecule has 124 valence electrons. The number of hydrogen-bond donors (Lipinski definition) is 4. The number of rotatable bonds is 5. The van der Waals surface area contributed by atoms with E-state index in [1.165, 1.54) is 0 Å². The second-order valence-corrected chi connectivity index (χ2v) is 6.65. The van der Waals surface area contributed by atoms with E-state index >= 15 is 0 Å². The molecule has 1 unspecified atom stereocenters. The highest BCUT2D eigenvalue weighted by molar-refractivity contribution is 7.85. The maximum Gasteiger partial charge on any atom is 0.271 e. The average molecular weight is 334 g/mol. The van der Waals surface area contributed by atoms with Crippen molar-refractivity contribution in [3.63, 3.8) is 0 Å². The molecule has 22 heavy (non-hydrogen) atoms. The summed E-state index contributed by atoms with van der Waals surface area (Å²) in [6, 6.07) is 8.37. The summed E-state index contributed by atoms with van der Waals surface area (Å²) in [6.07, 6.45) is -7.92. The fourth-order valence-electron chi connectivity index (χ4n) is 2.06. The predicted octanol–water partition coefficient (Wildman–Crippen LogP) is -1.67. The van der Waals surface area contributed by atoms with Gasteiger partial charge in [-0.3, -0.25) is 4.18 Å². The summed E-state index contributed by atoms with van der Waals surface area (Å²) in [5.74, 6) is -0.357. The minimum Gasteiger partial charge on any atom is -0.387 e. The van der Waals surface area contributed by atoms with Crippen LogP contribution in [0.1, 0.15) is 5.56 Å². The van der Waals surface area contributed by atoms with Crippen LogP contribution in [0.4, 0.5) is 0 Å². The molecule has 1 saturated heterocycles. The van der Waals surface area contributed by atoms with Crippen LogP contribution in [0.3, 0.4) is 0 Å². The zero-order valence-corrected chi connectivity index (χ0v) is 12.3. The summed E-state index contributed by atoms with van der Waals surface area (Å²) >= 11 is 0. The molecule has 9 heteroatoms. The number of hydrogen-bond acceptors (Lipinski definition) is 8. The molecule has 4 N–H and O–H groups in total. The summed E-state index contributed by atoms with van der Waals surface area (Å²) in [5.41, 5.74) is 0.531. The van der Waals surface area contributed by atoms with E-state index in [2.05, 4.69) is 0 Å². The van der Waals surface area contributed by atoms with Gasteiger partial charge in [0, 0.05) is 0 Å². The fourth-order valence-corrected chi connectivity index (χ4v) is 3.08. The third-order valence-corrected chi connectivity index (χ3v) is 4.47. The molecule has 1 aliphatic heterocycles. The van der Waals surface area contributed by atoms with Crippen LogP contribution in [0.25, 0.3) is 0 Å². The zero-order valence-electron chi connectivity index (χ0n) is 11.5. The van der Waals surface area contributed by atoms with E-state index in [1.807, 2.05) is 0 Å². The maximum atomic E-state index is 11.8. The highest BCUT2D eigenvalue weighted by Gasteiger charge is 2.43. The summed E-state index contributed by atoms with van der Waals surface area (Å²) in [6.45, 7) is -0.586. The van der Waals surface area contributed by atoms with Gasteiger partial charge < -0.3 is 25.2 Å². The summed E-state index contributed by atoms with van der Waals surface area (Å²) in [7, 11) is -3.92. The average Bonchev–Trinajstić information content (AvgIpc) is 2.48. The van der Waals surface area contributed by atoms with E-state index in [4.69, 9.17) is 8.92 Å². The predicted molar refractivity (Wildman–Crippen MR) is 73.9 cm³/mol. The van der Waals surface area contributed by atoms with E-state index in [-0.39, 0.29) is 5.75 Å². The van der Waals surface area contributed by atoms with E-state index in [0.29, 0.717) is 5.56 Å². The molecule has 0 spiro atoms. The van der Waals surface area contributed by atoms with Crippen LogP contribution in [-0.4, -0.2) is 66.2 Å². The van der Waals surface area contributed by atoms with Crippen molar-refractivity contribution in [3.05, 3.63) is 35.9 Å². The van der Waals surface area contributed by atoms with Crippen LogP contribution in [0.5, 0.6) is 0 Å². The van der Waals surface area contributed by atoms with Crippen LogP contribution in [-0.2, 0) is 24.8 Å². The Balaban J connectivity index is 1.94. The van der Waals surface area contributed by atoms with Gasteiger partial charge in [-0.15, -0.1) is 0 Å². The van der Waals surface area contributed by atoms with Crippen molar-refractivity contribution in [2.45, 2.75) is 36.5 Å². The Hall–Kier alpha value is -1.07. The zero-order chi connectivity index (χ0) is 16.3. The Kier molecular flexibility index (Phi) is 5.50. The summed E-state index contributed by atoms with van der Waals surface area (Å²) < 4.78 is 33.3. The lowest BCUT2D eigenvalue weighted by Gasteiger charge is -2.37. The van der Waals surface area contributed by atoms with Gasteiger partial charge in [-0.1, -0.05) is 30.3 Å². The second-order valence-electron chi connectivity index (χ2n) is 5.01. The molecule has 0 amide bonds. The lowest BCUT2D eigenvalue weighted by molar-refractivity contribution is -0.285. The van der Waals surface area contributed by atoms with Gasteiger partial charge in [0.05, 0.1) is 6.61 Å². The molecule has 1 aromatic rings. The van der Waals surface area contributed by atoms with Crippen molar-refractivity contribution >= 4 is 10.1 Å². The Bertz CT molecular complexity index is 575. The molecule has 1 heterocycles. The number of aliphatic hydroxyl groups excluding tert-OH is 4. The molecule has 1 aliphatic rings. The lowest BCUT2D eigenvalue weighted by atomic mass is 10.00. The smallest absolute Gasteiger partial charge is 0.271 e. The SMILES string of the molecule is O=S(=O)(Cc1ccccc1)OC[C@H]1OC(O)[C@H](O)[C@@H](O)[C@@H]1O. The van der Waals surface area contributed by atoms with Crippen molar-refractivity contribution in [1.29, 1.82) is 0 Å². The van der Waals surface area contributed by atoms with Crippen LogP contribution >= 0.6 is 0 Å². The summed E-state index contributed by atoms with van der Waals surface area (Å²) in [5, 5.41) is 37.9. The van der Waals surface area contributed by atoms with Crippen molar-refractivity contribution in [1.82, 2.24) is 0 Å². The van der Waals surface area contributed by atoms with Gasteiger partial charge in [0.2, 0.25) is 0 Å². The third-order valence-electron chi connectivity index (χ3n) is 3.29. The van der Waals surface area contributed by atoms with Crippen LogP contribution in [0.15, 0.2) is 30.3 Å². The quantitative estimate of drug-likeness (QED) is 0.470. The Labute approximate surface area is 127 Å². The highest BCUT2D eigenvalue weighted by atomic mass is 32.2. The number of aliphatic hydroxyl groups is 4. The summed E-state index contributed by atoms with van der Waals surface area (Å²) in [4.78, 5) is 0. The van der Waals surface area contributed by atoms with Gasteiger partial charge in [0.1, 0.15) is 30.2 Å². The van der Waals surface area contributed by atoms with Gasteiger partial charge in [-0.25, -0.2) is 0 Å². The molecule has 2 rings (SSSR count). The lowest BCUT2D eigenvalue weighted by Crippen LogP contribution is -2.58. The molecular weight excluding hydrogens is 316 g/mol. The van der Waals surface area contributed by atoms with Crippen LogP contribution in [0, 0.1) is 0 Å². The maximum absolute atomic E-state index is 11.8. The Morgan fingerprint density at radius 3 is 2.27 bits per heavy atom. The van der Waals surface area contributed by atoms with E-state index in [9.17, 15) is 28.8 Å². The molecule has 0 saturated carbocycles. The second kappa shape index (κ2) is 7.01. The van der Waals surface area contributed by atoms with Crippen molar-refractivity contribution in [3.8, 4) is 0 Å². The van der Waals surface area contributed by atoms with Crippen LogP contribution in [0.2, 0.25) is 0 Å². The Morgan fingerprint density at radius 1 is 1.00 bits per heavy atom. The van der Waals surface area contributed by atoms with Crippen LogP contribution < -0.4 is 0 Å². The highest BCUT2D eigenvalue weighted by Crippen LogP contribution is 2.21. The van der Waals surface area contributed by atoms with E-state index in [1.54, 1.807) is 30.3 Å². The minimum atomic E-state index is -3.92. The van der Waals surface area contributed by atoms with E-state index in [0.717, 1.165) is 0 Å². The van der Waals surface area contributed by atoms with Gasteiger partial charge in [-0.05, 0) is 5.56 Å². The topological polar surface area (TPSA) is 134 Å². The van der Waals surface area contributed by atoms with Crippen molar-refractivity contribution in [2.24, 2.45) is 0 Å². The molecule has 5 atom stereocenters. The Morgan fingerprint density at radius 2 is 1.64 bits per heavy atom. The molecule has 0 radical (unpaired) electrons. The van der Waals surface area contributed by atoms with Gasteiger partial charge in [-0.2, -0.15) is 8.42 Å². The van der Waals surface area contributed by atoms with Crippen molar-refractivity contribution < 1.29 is 37.8 Å². The molecule has 0 aliphatic carbocycles. The first-order chi connectivity index (χ1) is 10.3. The first-order valence-corrected chi connectivity index (χ1v) is 8.16. The van der Waals surface area contributed by atoms with Crippen molar-refractivity contribution in [2.75, 3.05) is 6.61 Å². The first kappa shape index (κ1) is 17.3. The van der Waals surface area contributed by atoms with Gasteiger partial charge in [0.25, 0.3) is 10.1 Å². The third kappa shape index (κ3) is 4.23. The fraction of sp³-hybridized carbons (Fsp3) is 0.538. The molecule has 1 aromatic carbocycles. The normalized spacial score (nSPS) is 32.8. The number of benzene rings is 1. The molecule has 1 fully saturated rings. The molecule has 0 bridgehead atoms. The van der Waals surface area contributed by atoms with E-state index < -0.39 is 47.4 Å². The molecular formula is C13H18O8S. The monoisotopic (exact) mass is 334 g/mol. The number of ether oxygens (including phenoxy) is 1. The largest absolute Gasteiger partial charge is 0.387 e. The molecule has 0 aromatic heterocycles. The minimum absolute atomic E-state index is 0.357. The first-order valence-electron chi connectivity index (χ1n) is 6.59. The standard InChI is InChI=1S/C13H18O8S/c14-10-9(21-13(17)12(16)11(10)15)6-20-22(18,19)7-8-4-2-1-3-5-8/h1-5,9-17H,6-7H2/t9-,10-,11+,12-,13?/m1/s1. The van der Waals surface area contributed by atoms with Gasteiger partial charge >= 0.3 is 0 Å². The molecule has 8 nitrogen and oxygen atoms in total. The van der Waals surface area contributed by atoms with Gasteiger partial charge in [0.15, 0.2) is 6.29 Å².